The third-order valence-electron chi connectivity index (χ3n) is 2.95. The van der Waals surface area contributed by atoms with Gasteiger partial charge in [0.25, 0.3) is 0 Å². The monoisotopic (exact) mass is 227 g/mol. The fourth-order valence-electron chi connectivity index (χ4n) is 2.06. The van der Waals surface area contributed by atoms with Gasteiger partial charge < -0.3 is 14.6 Å². The number of benzene rings is 1. The Hall–Kier alpha value is -2.00. The molecule has 3 nitrogen and oxygen atoms in total. The van der Waals surface area contributed by atoms with Crippen LogP contribution < -0.4 is 5.73 Å². The van der Waals surface area contributed by atoms with Crippen LogP contribution in [0, 0.1) is 0 Å². The number of hydrogen-bond acceptors (Lipinski definition) is 3. The van der Waals surface area contributed by atoms with Gasteiger partial charge in [-0.1, -0.05) is 18.2 Å². The number of rotatable bonds is 3. The summed E-state index contributed by atoms with van der Waals surface area (Å²) in [5, 5.41) is 1.09. The average Bonchev–Trinajstić information content (AvgIpc) is 2.96. The Balaban J connectivity index is 1.93. The van der Waals surface area contributed by atoms with Crippen LogP contribution >= 0.6 is 0 Å². The Labute approximate surface area is 98.8 Å². The molecule has 86 valence electrons. The summed E-state index contributed by atoms with van der Waals surface area (Å²) in [5.74, 6) is 0. The smallest absolute Gasteiger partial charge is 0.134 e. The SMILES string of the molecule is NC(Cc1ccoc1)c1coc2ccccc12. The van der Waals surface area contributed by atoms with Gasteiger partial charge >= 0.3 is 0 Å². The molecular formula is C14H13NO2. The molecule has 17 heavy (non-hydrogen) atoms. The van der Waals surface area contributed by atoms with Crippen LogP contribution in [0.5, 0.6) is 0 Å². The van der Waals surface area contributed by atoms with E-state index in [1.807, 2.05) is 30.3 Å². The van der Waals surface area contributed by atoms with E-state index >= 15 is 0 Å². The van der Waals surface area contributed by atoms with Crippen LogP contribution in [0.4, 0.5) is 0 Å². The van der Waals surface area contributed by atoms with Crippen LogP contribution in [0.1, 0.15) is 17.2 Å². The largest absolute Gasteiger partial charge is 0.472 e. The highest BCUT2D eigenvalue weighted by atomic mass is 16.3. The van der Waals surface area contributed by atoms with Crippen molar-refractivity contribution in [3.8, 4) is 0 Å². The topological polar surface area (TPSA) is 52.3 Å². The molecule has 2 heterocycles. The molecule has 3 aromatic rings. The first-order valence-corrected chi connectivity index (χ1v) is 5.57. The predicted molar refractivity (Wildman–Crippen MR) is 65.6 cm³/mol. The number of hydrogen-bond donors (Lipinski definition) is 1. The molecular weight excluding hydrogens is 214 g/mol. The molecule has 1 atom stereocenters. The molecule has 0 bridgehead atoms. The Morgan fingerprint density at radius 3 is 2.82 bits per heavy atom. The van der Waals surface area contributed by atoms with Crippen molar-refractivity contribution >= 4 is 11.0 Å². The molecule has 3 heteroatoms. The standard InChI is InChI=1S/C14H13NO2/c15-13(7-10-5-6-16-8-10)12-9-17-14-4-2-1-3-11(12)14/h1-6,8-9,13H,7,15H2. The fourth-order valence-corrected chi connectivity index (χ4v) is 2.06. The van der Waals surface area contributed by atoms with Gasteiger partial charge in [0.1, 0.15) is 5.58 Å². The van der Waals surface area contributed by atoms with Gasteiger partial charge in [-0.2, -0.15) is 0 Å². The molecule has 0 aliphatic rings. The Kier molecular flexibility index (Phi) is 2.46. The van der Waals surface area contributed by atoms with E-state index in [2.05, 4.69) is 0 Å². The summed E-state index contributed by atoms with van der Waals surface area (Å²) >= 11 is 0. The molecule has 0 aliphatic carbocycles. The van der Waals surface area contributed by atoms with Crippen LogP contribution in [-0.2, 0) is 6.42 Å². The van der Waals surface area contributed by atoms with E-state index in [4.69, 9.17) is 14.6 Å². The molecule has 1 unspecified atom stereocenters. The van der Waals surface area contributed by atoms with E-state index in [9.17, 15) is 0 Å². The Bertz CT molecular complexity index is 610. The molecule has 2 aromatic heterocycles. The fraction of sp³-hybridized carbons (Fsp3) is 0.143. The van der Waals surface area contributed by atoms with Crippen LogP contribution in [0.3, 0.4) is 0 Å². The number of para-hydroxylation sites is 1. The minimum absolute atomic E-state index is 0.0729. The van der Waals surface area contributed by atoms with Crippen molar-refractivity contribution in [1.29, 1.82) is 0 Å². The Morgan fingerprint density at radius 2 is 2.00 bits per heavy atom. The highest BCUT2D eigenvalue weighted by Gasteiger charge is 2.13. The number of fused-ring (bicyclic) bond motifs is 1. The van der Waals surface area contributed by atoms with E-state index in [0.29, 0.717) is 0 Å². The van der Waals surface area contributed by atoms with Crippen LogP contribution in [0.2, 0.25) is 0 Å². The molecule has 0 radical (unpaired) electrons. The predicted octanol–water partition coefficient (Wildman–Crippen LogP) is 3.27. The maximum Gasteiger partial charge on any atom is 0.134 e. The molecule has 3 rings (SSSR count). The zero-order chi connectivity index (χ0) is 11.7. The second kappa shape index (κ2) is 4.11. The van der Waals surface area contributed by atoms with Crippen molar-refractivity contribution in [2.24, 2.45) is 5.73 Å². The van der Waals surface area contributed by atoms with Gasteiger partial charge in [0.2, 0.25) is 0 Å². The third kappa shape index (κ3) is 1.85. The average molecular weight is 227 g/mol. The van der Waals surface area contributed by atoms with Gasteiger partial charge in [-0.05, 0) is 24.1 Å². The van der Waals surface area contributed by atoms with Crippen molar-refractivity contribution in [2.45, 2.75) is 12.5 Å². The van der Waals surface area contributed by atoms with Gasteiger partial charge in [0.15, 0.2) is 0 Å². The molecule has 1 aromatic carbocycles. The minimum atomic E-state index is -0.0729. The van der Waals surface area contributed by atoms with Crippen molar-refractivity contribution in [3.05, 3.63) is 60.2 Å². The van der Waals surface area contributed by atoms with E-state index in [1.54, 1.807) is 18.8 Å². The maximum absolute atomic E-state index is 6.20. The van der Waals surface area contributed by atoms with Crippen LogP contribution in [-0.4, -0.2) is 0 Å². The lowest BCUT2D eigenvalue weighted by atomic mass is 10.0. The molecule has 2 N–H and O–H groups in total. The lowest BCUT2D eigenvalue weighted by Gasteiger charge is -2.08. The number of nitrogens with two attached hydrogens (primary N) is 1. The Morgan fingerprint density at radius 1 is 1.12 bits per heavy atom. The molecule has 0 saturated heterocycles. The van der Waals surface area contributed by atoms with Gasteiger partial charge in [-0.25, -0.2) is 0 Å². The zero-order valence-electron chi connectivity index (χ0n) is 9.30. The van der Waals surface area contributed by atoms with E-state index in [-0.39, 0.29) is 6.04 Å². The molecule has 0 aliphatic heterocycles. The third-order valence-corrected chi connectivity index (χ3v) is 2.95. The summed E-state index contributed by atoms with van der Waals surface area (Å²) in [6.07, 6.45) is 5.88. The van der Waals surface area contributed by atoms with Crippen LogP contribution in [0.25, 0.3) is 11.0 Å². The van der Waals surface area contributed by atoms with Gasteiger partial charge in [-0.3, -0.25) is 0 Å². The summed E-state index contributed by atoms with van der Waals surface area (Å²) in [6, 6.07) is 9.79. The second-order valence-electron chi connectivity index (χ2n) is 4.13. The van der Waals surface area contributed by atoms with Crippen molar-refractivity contribution in [1.82, 2.24) is 0 Å². The number of furan rings is 2. The summed E-state index contributed by atoms with van der Waals surface area (Å²) in [7, 11) is 0. The van der Waals surface area contributed by atoms with Crippen molar-refractivity contribution in [2.75, 3.05) is 0 Å². The summed E-state index contributed by atoms with van der Waals surface area (Å²) in [6.45, 7) is 0. The van der Waals surface area contributed by atoms with Crippen LogP contribution in [0.15, 0.2) is 58.0 Å². The highest BCUT2D eigenvalue weighted by molar-refractivity contribution is 5.81. The minimum Gasteiger partial charge on any atom is -0.472 e. The van der Waals surface area contributed by atoms with E-state index < -0.39 is 0 Å². The normalized spacial score (nSPS) is 13.0. The quantitative estimate of drug-likeness (QED) is 0.747. The summed E-state index contributed by atoms with van der Waals surface area (Å²) in [5.41, 5.74) is 9.22. The lowest BCUT2D eigenvalue weighted by Crippen LogP contribution is -2.12. The maximum atomic E-state index is 6.20. The first-order chi connectivity index (χ1) is 8.34. The van der Waals surface area contributed by atoms with Gasteiger partial charge in [-0.15, -0.1) is 0 Å². The van der Waals surface area contributed by atoms with Crippen molar-refractivity contribution in [3.63, 3.8) is 0 Å². The van der Waals surface area contributed by atoms with Gasteiger partial charge in [0.05, 0.1) is 18.8 Å². The first-order valence-electron chi connectivity index (χ1n) is 5.57. The van der Waals surface area contributed by atoms with E-state index in [1.165, 1.54) is 0 Å². The van der Waals surface area contributed by atoms with E-state index in [0.717, 1.165) is 28.5 Å². The molecule has 0 saturated carbocycles. The van der Waals surface area contributed by atoms with Crippen molar-refractivity contribution < 1.29 is 8.83 Å². The first kappa shape index (κ1) is 10.2. The summed E-state index contributed by atoms with van der Waals surface area (Å²) in [4.78, 5) is 0. The molecule has 0 amide bonds. The lowest BCUT2D eigenvalue weighted by molar-refractivity contribution is 0.560. The highest BCUT2D eigenvalue weighted by Crippen LogP contribution is 2.27. The second-order valence-corrected chi connectivity index (χ2v) is 4.13. The summed E-state index contributed by atoms with van der Waals surface area (Å²) < 4.78 is 10.5. The zero-order valence-corrected chi connectivity index (χ0v) is 9.30. The molecule has 0 fully saturated rings. The van der Waals surface area contributed by atoms with Gasteiger partial charge in [0, 0.05) is 17.0 Å². The molecule has 0 spiro atoms.